The molecule has 5 rings (SSSR count). The number of anilines is 2. The fourth-order valence-electron chi connectivity index (χ4n) is 3.72. The molecule has 35 heavy (non-hydrogen) atoms. The van der Waals surface area contributed by atoms with Gasteiger partial charge < -0.3 is 24.4 Å². The number of benzene rings is 3. The van der Waals surface area contributed by atoms with Crippen LogP contribution in [0.15, 0.2) is 66.9 Å². The minimum atomic E-state index is -0.606. The Morgan fingerprint density at radius 2 is 1.77 bits per heavy atom. The number of carbonyl (C=O) groups excluding carboxylic acids is 1. The summed E-state index contributed by atoms with van der Waals surface area (Å²) < 4.78 is 31.0. The number of rotatable bonds is 6. The van der Waals surface area contributed by atoms with Crippen LogP contribution in [-0.2, 0) is 4.74 Å². The van der Waals surface area contributed by atoms with Gasteiger partial charge >= 0.3 is 0 Å². The van der Waals surface area contributed by atoms with Gasteiger partial charge in [0, 0.05) is 36.5 Å². The Kier molecular flexibility index (Phi) is 6.40. The SMILES string of the molecule is COc1ccc(C(=O)Nc2ccc(Oc3ccc4ncc(N5CCOCC5)nc4c3)c(F)c2)cc1. The van der Waals surface area contributed by atoms with E-state index in [-0.39, 0.29) is 11.7 Å². The van der Waals surface area contributed by atoms with Crippen LogP contribution in [0.4, 0.5) is 15.9 Å². The summed E-state index contributed by atoms with van der Waals surface area (Å²) >= 11 is 0. The zero-order valence-electron chi connectivity index (χ0n) is 19.0. The molecule has 9 heteroatoms. The summed E-state index contributed by atoms with van der Waals surface area (Å²) in [4.78, 5) is 23.7. The number of morpholine rings is 1. The molecule has 3 aromatic carbocycles. The predicted octanol–water partition coefficient (Wildman–Crippen LogP) is 4.66. The minimum Gasteiger partial charge on any atom is -0.497 e. The molecule has 0 atom stereocenters. The number of ether oxygens (including phenoxy) is 3. The summed E-state index contributed by atoms with van der Waals surface area (Å²) in [6, 6.07) is 16.1. The van der Waals surface area contributed by atoms with Crippen LogP contribution in [-0.4, -0.2) is 49.3 Å². The van der Waals surface area contributed by atoms with E-state index in [1.54, 1.807) is 61.8 Å². The van der Waals surface area contributed by atoms with Crippen LogP contribution >= 0.6 is 0 Å². The molecule has 1 N–H and O–H groups in total. The third kappa shape index (κ3) is 5.15. The summed E-state index contributed by atoms with van der Waals surface area (Å²) in [5.41, 5.74) is 2.11. The number of amides is 1. The smallest absolute Gasteiger partial charge is 0.255 e. The van der Waals surface area contributed by atoms with Crippen LogP contribution < -0.4 is 19.7 Å². The van der Waals surface area contributed by atoms with Crippen molar-refractivity contribution in [2.45, 2.75) is 0 Å². The van der Waals surface area contributed by atoms with Crippen molar-refractivity contribution in [1.82, 2.24) is 9.97 Å². The summed E-state index contributed by atoms with van der Waals surface area (Å²) in [6.45, 7) is 2.81. The Morgan fingerprint density at radius 3 is 2.51 bits per heavy atom. The monoisotopic (exact) mass is 474 g/mol. The fourth-order valence-corrected chi connectivity index (χ4v) is 3.72. The molecule has 1 aliphatic heterocycles. The van der Waals surface area contributed by atoms with E-state index in [4.69, 9.17) is 14.2 Å². The maximum absolute atomic E-state index is 14.8. The van der Waals surface area contributed by atoms with Gasteiger partial charge in [0.25, 0.3) is 5.91 Å². The largest absolute Gasteiger partial charge is 0.497 e. The van der Waals surface area contributed by atoms with Gasteiger partial charge in [-0.05, 0) is 48.5 Å². The normalized spacial score (nSPS) is 13.5. The van der Waals surface area contributed by atoms with Crippen molar-refractivity contribution < 1.29 is 23.4 Å². The molecule has 1 amide bonds. The first-order chi connectivity index (χ1) is 17.1. The molecule has 1 saturated heterocycles. The maximum atomic E-state index is 14.8. The number of methoxy groups -OCH3 is 1. The van der Waals surface area contributed by atoms with Crippen LogP contribution in [0.1, 0.15) is 10.4 Å². The lowest BCUT2D eigenvalue weighted by Crippen LogP contribution is -2.36. The molecule has 2 heterocycles. The molecule has 0 saturated carbocycles. The van der Waals surface area contributed by atoms with Gasteiger partial charge in [-0.1, -0.05) is 0 Å². The van der Waals surface area contributed by atoms with Gasteiger partial charge in [0.05, 0.1) is 37.6 Å². The number of hydrogen-bond acceptors (Lipinski definition) is 7. The molecular formula is C26H23FN4O4. The van der Waals surface area contributed by atoms with Crippen molar-refractivity contribution in [3.05, 3.63) is 78.2 Å². The zero-order valence-corrected chi connectivity index (χ0v) is 19.0. The molecule has 0 bridgehead atoms. The van der Waals surface area contributed by atoms with E-state index in [1.807, 2.05) is 0 Å². The fraction of sp³-hybridized carbons (Fsp3) is 0.192. The molecule has 178 valence electrons. The van der Waals surface area contributed by atoms with Gasteiger partial charge in [0.15, 0.2) is 11.6 Å². The molecule has 1 fully saturated rings. The van der Waals surface area contributed by atoms with Crippen molar-refractivity contribution in [2.24, 2.45) is 0 Å². The molecule has 0 aliphatic carbocycles. The van der Waals surface area contributed by atoms with Crippen molar-refractivity contribution >= 4 is 28.4 Å². The molecular weight excluding hydrogens is 451 g/mol. The summed E-state index contributed by atoms with van der Waals surface area (Å²) in [5.74, 6) is 0.909. The lowest BCUT2D eigenvalue weighted by Gasteiger charge is -2.27. The van der Waals surface area contributed by atoms with E-state index in [0.717, 1.165) is 18.9 Å². The highest BCUT2D eigenvalue weighted by Gasteiger charge is 2.14. The highest BCUT2D eigenvalue weighted by molar-refractivity contribution is 6.04. The number of hydrogen-bond donors (Lipinski definition) is 1. The average Bonchev–Trinajstić information content (AvgIpc) is 2.90. The van der Waals surface area contributed by atoms with E-state index in [0.29, 0.717) is 47.0 Å². The van der Waals surface area contributed by atoms with E-state index < -0.39 is 5.82 Å². The van der Waals surface area contributed by atoms with Crippen LogP contribution in [0.5, 0.6) is 17.2 Å². The van der Waals surface area contributed by atoms with Crippen molar-refractivity contribution in [1.29, 1.82) is 0 Å². The topological polar surface area (TPSA) is 85.8 Å². The molecule has 1 aliphatic rings. The van der Waals surface area contributed by atoms with Crippen molar-refractivity contribution in [3.63, 3.8) is 0 Å². The molecule has 0 radical (unpaired) electrons. The highest BCUT2D eigenvalue weighted by atomic mass is 19.1. The first-order valence-corrected chi connectivity index (χ1v) is 11.1. The first-order valence-electron chi connectivity index (χ1n) is 11.1. The zero-order chi connectivity index (χ0) is 24.2. The Hall–Kier alpha value is -4.24. The van der Waals surface area contributed by atoms with E-state index in [9.17, 15) is 9.18 Å². The van der Waals surface area contributed by atoms with Gasteiger partial charge in [0.1, 0.15) is 17.3 Å². The maximum Gasteiger partial charge on any atom is 0.255 e. The van der Waals surface area contributed by atoms with Gasteiger partial charge in [-0.15, -0.1) is 0 Å². The minimum absolute atomic E-state index is 0.0316. The second-order valence-corrected chi connectivity index (χ2v) is 7.91. The van der Waals surface area contributed by atoms with E-state index in [1.165, 1.54) is 12.1 Å². The van der Waals surface area contributed by atoms with Gasteiger partial charge in [-0.2, -0.15) is 0 Å². The van der Waals surface area contributed by atoms with Crippen LogP contribution in [0.2, 0.25) is 0 Å². The van der Waals surface area contributed by atoms with Gasteiger partial charge in [0.2, 0.25) is 0 Å². The average molecular weight is 474 g/mol. The lowest BCUT2D eigenvalue weighted by atomic mass is 10.2. The standard InChI is InChI=1S/C26H23FN4O4/c1-33-19-5-2-17(3-6-19)26(32)29-18-4-9-24(21(27)14-18)35-20-7-8-22-23(15-20)30-25(16-28-22)31-10-12-34-13-11-31/h2-9,14-16H,10-13H2,1H3,(H,29,32). The van der Waals surface area contributed by atoms with Gasteiger partial charge in [-0.3, -0.25) is 9.78 Å². The van der Waals surface area contributed by atoms with E-state index in [2.05, 4.69) is 20.2 Å². The predicted molar refractivity (Wildman–Crippen MR) is 130 cm³/mol. The molecule has 0 unspecified atom stereocenters. The Balaban J connectivity index is 1.30. The Bertz CT molecular complexity index is 1360. The summed E-state index contributed by atoms with van der Waals surface area (Å²) in [7, 11) is 1.55. The Morgan fingerprint density at radius 1 is 1.00 bits per heavy atom. The third-order valence-electron chi connectivity index (χ3n) is 5.61. The van der Waals surface area contributed by atoms with Crippen molar-refractivity contribution in [2.75, 3.05) is 43.6 Å². The number of carbonyl (C=O) groups is 1. The number of halogens is 1. The second kappa shape index (κ2) is 9.94. The number of nitrogens with one attached hydrogen (secondary N) is 1. The lowest BCUT2D eigenvalue weighted by molar-refractivity contribution is 0.102. The van der Waals surface area contributed by atoms with Crippen molar-refractivity contribution in [3.8, 4) is 17.2 Å². The quantitative estimate of drug-likeness (QED) is 0.435. The summed E-state index contributed by atoms with van der Waals surface area (Å²) in [5, 5.41) is 2.68. The van der Waals surface area contributed by atoms with Crippen LogP contribution in [0.3, 0.4) is 0 Å². The molecule has 1 aromatic heterocycles. The van der Waals surface area contributed by atoms with E-state index >= 15 is 0 Å². The molecule has 4 aromatic rings. The molecule has 0 spiro atoms. The van der Waals surface area contributed by atoms with Crippen LogP contribution in [0, 0.1) is 5.82 Å². The first kappa shape index (κ1) is 22.5. The number of aromatic nitrogens is 2. The molecule has 8 nitrogen and oxygen atoms in total. The highest BCUT2D eigenvalue weighted by Crippen LogP contribution is 2.29. The third-order valence-corrected chi connectivity index (χ3v) is 5.61. The second-order valence-electron chi connectivity index (χ2n) is 7.91. The number of fused-ring (bicyclic) bond motifs is 1. The summed E-state index contributed by atoms with van der Waals surface area (Å²) in [6.07, 6.45) is 1.74. The Labute approximate surface area is 201 Å². The van der Waals surface area contributed by atoms with Gasteiger partial charge in [-0.25, -0.2) is 9.37 Å². The van der Waals surface area contributed by atoms with Crippen LogP contribution in [0.25, 0.3) is 11.0 Å². The number of nitrogens with zero attached hydrogens (tertiary/aromatic N) is 3.